The first-order valence-corrected chi connectivity index (χ1v) is 23.2. The van der Waals surface area contributed by atoms with Gasteiger partial charge in [-0.1, -0.05) is 60.7 Å². The van der Waals surface area contributed by atoms with E-state index in [9.17, 15) is 9.59 Å². The van der Waals surface area contributed by atoms with Crippen LogP contribution in [0.25, 0.3) is 44.8 Å². The van der Waals surface area contributed by atoms with Crippen molar-refractivity contribution in [2.45, 2.75) is 129 Å². The predicted molar refractivity (Wildman–Crippen MR) is 247 cm³/mol. The first-order chi connectivity index (χ1) is 30.6. The summed E-state index contributed by atoms with van der Waals surface area (Å²) in [7, 11) is 0. The maximum absolute atomic E-state index is 12.0. The van der Waals surface area contributed by atoms with Gasteiger partial charge in [0.05, 0.1) is 21.2 Å². The number of aromatic nitrogens is 4. The Morgan fingerprint density at radius 2 is 0.953 bits per heavy atom. The molecule has 2 saturated carbocycles. The van der Waals surface area contributed by atoms with Crippen molar-refractivity contribution in [1.29, 1.82) is 0 Å². The molecule has 16 heteroatoms. The fraction of sp³-hybridized carbons (Fsp3) is 0.458. The van der Waals surface area contributed by atoms with Crippen LogP contribution in [-0.4, -0.2) is 80.7 Å². The summed E-state index contributed by atoms with van der Waals surface area (Å²) in [6.07, 6.45) is 9.40. The van der Waals surface area contributed by atoms with Crippen molar-refractivity contribution in [2.24, 2.45) is 0 Å². The van der Waals surface area contributed by atoms with Crippen LogP contribution in [0.5, 0.6) is 11.8 Å². The van der Waals surface area contributed by atoms with Crippen LogP contribution in [0.15, 0.2) is 91.1 Å². The van der Waals surface area contributed by atoms with Gasteiger partial charge >= 0.3 is 11.9 Å². The number of ether oxygens (including phenoxy) is 6. The van der Waals surface area contributed by atoms with Crippen LogP contribution < -0.4 is 9.47 Å². The number of hydrogen-bond donors (Lipinski definition) is 0. The number of carbonyl (C=O) groups excluding carboxylic acids is 2. The standard InChI is InChI=1S/2C24H27BrN2O5/c2*1-24(2,3)32-18(28)13-29-16-10-7-11-17(12-16)30-22-19-20(25)21(15-8-5-4-6-9-15)31-23(19)27-14-26-22/h2*4-6,8-9,14,16-17H,7,10-13H2,1-3H3/t2*16-,17+/m10/s1. The van der Waals surface area contributed by atoms with Gasteiger partial charge in [-0.3, -0.25) is 0 Å². The second-order valence-electron chi connectivity index (χ2n) is 17.8. The van der Waals surface area contributed by atoms with Gasteiger partial charge in [0, 0.05) is 24.0 Å². The molecule has 64 heavy (non-hydrogen) atoms. The minimum absolute atomic E-state index is 0.0554. The van der Waals surface area contributed by atoms with Crippen LogP contribution in [0.4, 0.5) is 0 Å². The number of rotatable bonds is 12. The number of benzene rings is 2. The molecule has 0 unspecified atom stereocenters. The summed E-state index contributed by atoms with van der Waals surface area (Å²) in [5, 5.41) is 1.42. The minimum atomic E-state index is -0.520. The third-order valence-corrected chi connectivity index (χ3v) is 11.8. The maximum atomic E-state index is 12.0. The van der Waals surface area contributed by atoms with E-state index in [1.165, 1.54) is 12.7 Å². The number of nitrogens with zero attached hydrogens (tertiary/aromatic N) is 4. The Kier molecular flexibility index (Phi) is 15.4. The fourth-order valence-electron chi connectivity index (χ4n) is 7.63. The second kappa shape index (κ2) is 20.9. The van der Waals surface area contributed by atoms with Crippen molar-refractivity contribution in [3.05, 3.63) is 82.3 Å². The van der Waals surface area contributed by atoms with E-state index < -0.39 is 11.2 Å². The molecule has 2 aliphatic rings. The Labute approximate surface area is 389 Å². The molecular weight excluding hydrogens is 952 g/mol. The summed E-state index contributed by atoms with van der Waals surface area (Å²) in [4.78, 5) is 41.2. The van der Waals surface area contributed by atoms with Crippen LogP contribution in [-0.2, 0) is 28.5 Å². The highest BCUT2D eigenvalue weighted by atomic mass is 79.9. The second-order valence-corrected chi connectivity index (χ2v) is 19.4. The molecule has 4 aromatic heterocycles. The minimum Gasteiger partial charge on any atom is -0.474 e. The van der Waals surface area contributed by atoms with Crippen molar-refractivity contribution in [1.82, 2.24) is 19.9 Å². The number of hydrogen-bond acceptors (Lipinski definition) is 14. The third kappa shape index (κ3) is 12.7. The van der Waals surface area contributed by atoms with Gasteiger partial charge in [0.15, 0.2) is 11.5 Å². The molecule has 340 valence electrons. The molecule has 0 saturated heterocycles. The van der Waals surface area contributed by atoms with Gasteiger partial charge < -0.3 is 37.3 Å². The van der Waals surface area contributed by atoms with E-state index in [4.69, 9.17) is 37.3 Å². The normalized spacial score (nSPS) is 19.1. The van der Waals surface area contributed by atoms with Crippen LogP contribution in [0.1, 0.15) is 92.9 Å². The van der Waals surface area contributed by atoms with Crippen LogP contribution in [0.3, 0.4) is 0 Å². The van der Waals surface area contributed by atoms with Crippen LogP contribution in [0.2, 0.25) is 0 Å². The van der Waals surface area contributed by atoms with Gasteiger partial charge in [0.25, 0.3) is 0 Å². The smallest absolute Gasteiger partial charge is 0.332 e. The summed E-state index contributed by atoms with van der Waals surface area (Å²) >= 11 is 7.30. The summed E-state index contributed by atoms with van der Waals surface area (Å²) in [5.41, 5.74) is 1.78. The van der Waals surface area contributed by atoms with Crippen LogP contribution in [0, 0.1) is 0 Å². The molecule has 14 nitrogen and oxygen atoms in total. The Balaban J connectivity index is 0.000000191. The molecule has 4 heterocycles. The molecule has 0 N–H and O–H groups in total. The zero-order chi connectivity index (χ0) is 45.4. The predicted octanol–water partition coefficient (Wildman–Crippen LogP) is 11.4. The molecule has 8 rings (SSSR count). The first-order valence-electron chi connectivity index (χ1n) is 21.6. The molecule has 0 radical (unpaired) electrons. The van der Waals surface area contributed by atoms with E-state index in [0.717, 1.165) is 58.6 Å². The molecule has 2 fully saturated rings. The Bertz CT molecular complexity index is 2330. The summed E-state index contributed by atoms with van der Waals surface area (Å²) in [5.74, 6) is 1.63. The van der Waals surface area contributed by atoms with Crippen molar-refractivity contribution in [2.75, 3.05) is 13.2 Å². The largest absolute Gasteiger partial charge is 0.474 e. The van der Waals surface area contributed by atoms with E-state index in [2.05, 4.69) is 51.8 Å². The average Bonchev–Trinajstić information content (AvgIpc) is 3.79. The third-order valence-electron chi connectivity index (χ3n) is 10.3. The van der Waals surface area contributed by atoms with Crippen molar-refractivity contribution >= 4 is 66.0 Å². The molecule has 0 bridgehead atoms. The number of carbonyl (C=O) groups is 2. The van der Waals surface area contributed by atoms with Gasteiger partial charge in [-0.15, -0.1) is 0 Å². The highest BCUT2D eigenvalue weighted by Gasteiger charge is 2.30. The number of fused-ring (bicyclic) bond motifs is 2. The van der Waals surface area contributed by atoms with Crippen molar-refractivity contribution in [3.8, 4) is 34.4 Å². The van der Waals surface area contributed by atoms with E-state index in [-0.39, 0.29) is 49.6 Å². The average molecular weight is 1010 g/mol. The maximum Gasteiger partial charge on any atom is 0.332 e. The lowest BCUT2D eigenvalue weighted by atomic mass is 9.95. The zero-order valence-electron chi connectivity index (χ0n) is 36.9. The highest BCUT2D eigenvalue weighted by molar-refractivity contribution is 9.11. The lowest BCUT2D eigenvalue weighted by molar-refractivity contribution is -0.164. The summed E-state index contributed by atoms with van der Waals surface area (Å²) in [6, 6.07) is 19.6. The number of halogens is 2. The molecular formula is C48H54Br2N4O10. The van der Waals surface area contributed by atoms with Gasteiger partial charge in [-0.25, -0.2) is 29.5 Å². The summed E-state index contributed by atoms with van der Waals surface area (Å²) in [6.45, 7) is 10.9. The number of furan rings is 2. The monoisotopic (exact) mass is 1000 g/mol. The summed E-state index contributed by atoms with van der Waals surface area (Å²) < 4.78 is 48.3. The van der Waals surface area contributed by atoms with Gasteiger partial charge in [-0.05, 0) is 112 Å². The van der Waals surface area contributed by atoms with Gasteiger partial charge in [0.1, 0.15) is 60.1 Å². The topological polar surface area (TPSA) is 167 Å². The zero-order valence-corrected chi connectivity index (χ0v) is 40.1. The lowest BCUT2D eigenvalue weighted by Gasteiger charge is -2.29. The fourth-order valence-corrected chi connectivity index (χ4v) is 8.93. The van der Waals surface area contributed by atoms with E-state index in [1.807, 2.05) is 102 Å². The molecule has 2 aromatic carbocycles. The molecule has 0 spiro atoms. The van der Waals surface area contributed by atoms with Crippen LogP contribution >= 0.6 is 31.9 Å². The molecule has 0 aliphatic heterocycles. The van der Waals surface area contributed by atoms with Gasteiger partial charge in [0.2, 0.25) is 23.2 Å². The van der Waals surface area contributed by atoms with Crippen molar-refractivity contribution < 1.29 is 46.8 Å². The van der Waals surface area contributed by atoms with E-state index >= 15 is 0 Å². The molecule has 0 amide bonds. The lowest BCUT2D eigenvalue weighted by Crippen LogP contribution is -2.33. The Morgan fingerprint density at radius 3 is 1.33 bits per heavy atom. The van der Waals surface area contributed by atoms with Gasteiger partial charge in [-0.2, -0.15) is 0 Å². The Hall–Kier alpha value is -4.90. The highest BCUT2D eigenvalue weighted by Crippen LogP contribution is 2.42. The van der Waals surface area contributed by atoms with E-state index in [0.29, 0.717) is 58.3 Å². The van der Waals surface area contributed by atoms with Crippen molar-refractivity contribution in [3.63, 3.8) is 0 Å². The number of esters is 2. The SMILES string of the molecule is CC(C)(C)OC(=O)CO[C@@H]1CCC[C@H](Oc2ncnc3oc(-c4ccccc4)c(Br)c23)C1.CC(C)(C)OC(=O)CO[C@H]1CCC[C@@H](Oc2ncnc3oc(-c4ccccc4)c(Br)c23)C1. The molecule has 4 atom stereocenters. The Morgan fingerprint density at radius 1 is 0.578 bits per heavy atom. The molecule has 6 aromatic rings. The molecule has 2 aliphatic carbocycles. The van der Waals surface area contributed by atoms with E-state index in [1.54, 1.807) is 0 Å². The quantitative estimate of drug-likeness (QED) is 0.106. The first kappa shape index (κ1) is 47.1.